The minimum Gasteiger partial charge on any atom is -0.388 e. The quantitative estimate of drug-likeness (QED) is 0.800. The number of hydrogen-bond donors (Lipinski definition) is 1. The molecule has 0 spiro atoms. The Kier molecular flexibility index (Phi) is 6.60. The molecule has 1 N–H and O–H groups in total. The van der Waals surface area contributed by atoms with Gasteiger partial charge in [0, 0.05) is 17.6 Å². The van der Waals surface area contributed by atoms with E-state index in [-0.39, 0.29) is 18.0 Å². The summed E-state index contributed by atoms with van der Waals surface area (Å²) in [6.07, 6.45) is 0.0186. The van der Waals surface area contributed by atoms with Crippen LogP contribution in [0.2, 0.25) is 19.6 Å². The van der Waals surface area contributed by atoms with Crippen molar-refractivity contribution in [3.8, 4) is 0 Å². The van der Waals surface area contributed by atoms with Gasteiger partial charge in [-0.1, -0.05) is 44.8 Å². The highest BCUT2D eigenvalue weighted by molar-refractivity contribution is 6.89. The molecule has 3 nitrogen and oxygen atoms in total. The van der Waals surface area contributed by atoms with Gasteiger partial charge in [0.1, 0.15) is 0 Å². The Hall–Kier alpha value is -1.13. The number of carbonyl (C=O) groups is 1. The molecule has 1 rings (SSSR count). The van der Waals surface area contributed by atoms with Crippen LogP contribution in [0.3, 0.4) is 0 Å². The lowest BCUT2D eigenvalue weighted by molar-refractivity contribution is 0.0637. The van der Waals surface area contributed by atoms with E-state index in [2.05, 4.69) is 25.7 Å². The van der Waals surface area contributed by atoms with Gasteiger partial charge in [-0.3, -0.25) is 4.79 Å². The summed E-state index contributed by atoms with van der Waals surface area (Å²) in [5.41, 5.74) is 1.52. The summed E-state index contributed by atoms with van der Waals surface area (Å²) >= 11 is 0. The molecule has 0 saturated heterocycles. The van der Waals surface area contributed by atoms with Crippen molar-refractivity contribution in [3.05, 3.63) is 29.3 Å². The molecule has 23 heavy (non-hydrogen) atoms. The van der Waals surface area contributed by atoms with Crippen LogP contribution in [0, 0.1) is 0 Å². The van der Waals surface area contributed by atoms with Crippen LogP contribution < -0.4 is 5.19 Å². The minimum absolute atomic E-state index is 0.0514. The zero-order valence-electron chi connectivity index (χ0n) is 16.0. The molecule has 0 saturated carbocycles. The fourth-order valence-electron chi connectivity index (χ4n) is 3.13. The maximum atomic E-state index is 13.4. The number of aliphatic hydroxyl groups is 1. The van der Waals surface area contributed by atoms with E-state index >= 15 is 0 Å². The molecule has 1 atom stereocenters. The van der Waals surface area contributed by atoms with Gasteiger partial charge in [0.15, 0.2) is 0 Å². The van der Waals surface area contributed by atoms with E-state index < -0.39 is 14.2 Å². The summed E-state index contributed by atoms with van der Waals surface area (Å²) in [6.45, 7) is 16.9. The second-order valence-electron chi connectivity index (χ2n) is 7.84. The van der Waals surface area contributed by atoms with Gasteiger partial charge in [-0.05, 0) is 44.9 Å². The molecule has 0 bridgehead atoms. The average molecular weight is 336 g/mol. The first-order valence-corrected chi connectivity index (χ1v) is 12.2. The molecular formula is C19H33NO2Si. The van der Waals surface area contributed by atoms with E-state index in [4.69, 9.17) is 0 Å². The third-order valence-electron chi connectivity index (χ3n) is 4.21. The number of carbonyl (C=O) groups excluding carboxylic acids is 1. The van der Waals surface area contributed by atoms with E-state index in [0.29, 0.717) is 6.42 Å². The van der Waals surface area contributed by atoms with Crippen LogP contribution in [-0.2, 0) is 0 Å². The van der Waals surface area contributed by atoms with E-state index in [1.165, 1.54) is 0 Å². The van der Waals surface area contributed by atoms with Crippen molar-refractivity contribution in [2.45, 2.75) is 78.9 Å². The average Bonchev–Trinajstić information content (AvgIpc) is 2.43. The van der Waals surface area contributed by atoms with Crippen molar-refractivity contribution >= 4 is 19.2 Å². The fourth-order valence-corrected chi connectivity index (χ4v) is 4.72. The molecule has 4 heteroatoms. The Morgan fingerprint density at radius 1 is 1.13 bits per heavy atom. The zero-order valence-corrected chi connectivity index (χ0v) is 17.0. The van der Waals surface area contributed by atoms with Crippen molar-refractivity contribution in [1.29, 1.82) is 0 Å². The Labute approximate surface area is 142 Å². The molecule has 0 radical (unpaired) electrons. The van der Waals surface area contributed by atoms with Crippen LogP contribution in [0.25, 0.3) is 0 Å². The highest BCUT2D eigenvalue weighted by Gasteiger charge is 2.31. The Bertz CT molecular complexity index is 539. The lowest BCUT2D eigenvalue weighted by atomic mass is 9.98. The molecule has 0 aliphatic heterocycles. The van der Waals surface area contributed by atoms with E-state index in [9.17, 15) is 9.90 Å². The van der Waals surface area contributed by atoms with Crippen LogP contribution in [0.15, 0.2) is 18.2 Å². The topological polar surface area (TPSA) is 40.5 Å². The predicted octanol–water partition coefficient (Wildman–Crippen LogP) is 3.93. The summed E-state index contributed by atoms with van der Waals surface area (Å²) in [7, 11) is -1.70. The van der Waals surface area contributed by atoms with Gasteiger partial charge in [0.2, 0.25) is 0 Å². The molecule has 0 aliphatic rings. The van der Waals surface area contributed by atoms with Gasteiger partial charge in [0.05, 0.1) is 14.2 Å². The van der Waals surface area contributed by atoms with E-state index in [0.717, 1.165) is 16.3 Å². The third kappa shape index (κ3) is 4.45. The molecule has 130 valence electrons. The number of benzene rings is 1. The second-order valence-corrected chi connectivity index (χ2v) is 12.9. The molecule has 0 aromatic heterocycles. The standard InChI is InChI=1S/C19H33NO2Si/c1-9-16(21)15-11-10-12-17(23(6,7)8)18(15)19(22)20(13(2)3)14(4)5/h10-14,16,21H,9H2,1-8H3/t16-/m1/s1. The van der Waals surface area contributed by atoms with Crippen molar-refractivity contribution in [1.82, 2.24) is 4.90 Å². The summed E-state index contributed by atoms with van der Waals surface area (Å²) < 4.78 is 0. The number of hydrogen-bond acceptors (Lipinski definition) is 2. The van der Waals surface area contributed by atoms with Crippen molar-refractivity contribution in [3.63, 3.8) is 0 Å². The maximum absolute atomic E-state index is 13.4. The monoisotopic (exact) mass is 335 g/mol. The highest BCUT2D eigenvalue weighted by atomic mass is 28.3. The zero-order chi connectivity index (χ0) is 17.9. The number of nitrogens with zero attached hydrogens (tertiary/aromatic N) is 1. The van der Waals surface area contributed by atoms with Crippen LogP contribution in [0.4, 0.5) is 0 Å². The van der Waals surface area contributed by atoms with Crippen LogP contribution in [0.5, 0.6) is 0 Å². The van der Waals surface area contributed by atoms with Crippen LogP contribution in [-0.4, -0.2) is 36.1 Å². The Balaban J connectivity index is 3.61. The van der Waals surface area contributed by atoms with Gasteiger partial charge < -0.3 is 10.0 Å². The fraction of sp³-hybridized carbons (Fsp3) is 0.632. The number of amides is 1. The van der Waals surface area contributed by atoms with Crippen molar-refractivity contribution in [2.75, 3.05) is 0 Å². The molecule has 0 aliphatic carbocycles. The Morgan fingerprint density at radius 3 is 2.04 bits per heavy atom. The normalized spacial score (nSPS) is 13.5. The van der Waals surface area contributed by atoms with Gasteiger partial charge in [0.25, 0.3) is 5.91 Å². The molecule has 0 unspecified atom stereocenters. The van der Waals surface area contributed by atoms with Crippen LogP contribution in [0.1, 0.15) is 63.1 Å². The SMILES string of the molecule is CC[C@@H](O)c1cccc([Si](C)(C)C)c1C(=O)N(C(C)C)C(C)C. The molecule has 0 fully saturated rings. The van der Waals surface area contributed by atoms with Crippen LogP contribution >= 0.6 is 0 Å². The van der Waals surface area contributed by atoms with Gasteiger partial charge in [-0.2, -0.15) is 0 Å². The smallest absolute Gasteiger partial charge is 0.254 e. The summed E-state index contributed by atoms with van der Waals surface area (Å²) in [5, 5.41) is 11.6. The summed E-state index contributed by atoms with van der Waals surface area (Å²) in [6, 6.07) is 6.22. The highest BCUT2D eigenvalue weighted by Crippen LogP contribution is 2.24. The van der Waals surface area contributed by atoms with Crippen molar-refractivity contribution < 1.29 is 9.90 Å². The maximum Gasteiger partial charge on any atom is 0.254 e. The predicted molar refractivity (Wildman–Crippen MR) is 101 cm³/mol. The van der Waals surface area contributed by atoms with E-state index in [1.807, 2.05) is 51.7 Å². The summed E-state index contributed by atoms with van der Waals surface area (Å²) in [5.74, 6) is 0.0514. The first-order chi connectivity index (χ1) is 10.5. The largest absolute Gasteiger partial charge is 0.388 e. The summed E-state index contributed by atoms with van der Waals surface area (Å²) in [4.78, 5) is 15.3. The minimum atomic E-state index is -1.70. The lowest BCUT2D eigenvalue weighted by Gasteiger charge is -2.34. The number of aliphatic hydroxyl groups excluding tert-OH is 1. The van der Waals surface area contributed by atoms with E-state index in [1.54, 1.807) is 0 Å². The van der Waals surface area contributed by atoms with Crippen molar-refractivity contribution in [2.24, 2.45) is 0 Å². The first kappa shape index (κ1) is 19.9. The van der Waals surface area contributed by atoms with Gasteiger partial charge in [-0.15, -0.1) is 0 Å². The third-order valence-corrected chi connectivity index (χ3v) is 6.24. The van der Waals surface area contributed by atoms with Gasteiger partial charge in [-0.25, -0.2) is 0 Å². The molecule has 1 aromatic carbocycles. The van der Waals surface area contributed by atoms with Gasteiger partial charge >= 0.3 is 0 Å². The second kappa shape index (κ2) is 7.62. The molecule has 1 amide bonds. The Morgan fingerprint density at radius 2 is 1.65 bits per heavy atom. The molecule has 1 aromatic rings. The molecular weight excluding hydrogens is 302 g/mol. The number of rotatable bonds is 6. The lowest BCUT2D eigenvalue weighted by Crippen LogP contribution is -2.48. The first-order valence-electron chi connectivity index (χ1n) is 8.66. The molecule has 0 heterocycles.